The summed E-state index contributed by atoms with van der Waals surface area (Å²) >= 11 is 0. The molecule has 5 rings (SSSR count). The van der Waals surface area contributed by atoms with Crippen LogP contribution < -0.4 is 15.9 Å². The molecule has 4 aromatic carbocycles. The Morgan fingerprint density at radius 2 is 0.893 bits per heavy atom. The van der Waals surface area contributed by atoms with Crippen LogP contribution in [0, 0.1) is 0 Å². The van der Waals surface area contributed by atoms with Crippen molar-refractivity contribution in [3.8, 4) is 0 Å². The summed E-state index contributed by atoms with van der Waals surface area (Å²) in [6.07, 6.45) is 4.75. The van der Waals surface area contributed by atoms with Crippen molar-refractivity contribution in [2.75, 3.05) is 0 Å². The second-order valence-corrected chi connectivity index (χ2v) is 10.7. The highest BCUT2D eigenvalue weighted by atomic mass is 31.2. The molecule has 4 aromatic rings. The standard InChI is InChI=1S/C27H22P/c1-4-13-23(14-5-1)28(24-15-6-2-7-16-24,25-17-8-3-9-18-25)27-21-20-22-12-10-11-19-26(22)27/h1-21,27H/q+1. The lowest BCUT2D eigenvalue weighted by molar-refractivity contribution is 1.24. The molecule has 1 aliphatic rings. The van der Waals surface area contributed by atoms with Crippen LogP contribution in [0.5, 0.6) is 0 Å². The highest BCUT2D eigenvalue weighted by molar-refractivity contribution is 7.96. The summed E-state index contributed by atoms with van der Waals surface area (Å²) in [6, 6.07) is 42.2. The van der Waals surface area contributed by atoms with E-state index >= 15 is 0 Å². The van der Waals surface area contributed by atoms with Crippen molar-refractivity contribution in [2.45, 2.75) is 5.66 Å². The molecule has 134 valence electrons. The van der Waals surface area contributed by atoms with Gasteiger partial charge in [0.05, 0.1) is 0 Å². The van der Waals surface area contributed by atoms with Crippen LogP contribution in [0.3, 0.4) is 0 Å². The Morgan fingerprint density at radius 1 is 0.464 bits per heavy atom. The van der Waals surface area contributed by atoms with Crippen molar-refractivity contribution in [3.05, 3.63) is 132 Å². The van der Waals surface area contributed by atoms with E-state index in [-0.39, 0.29) is 0 Å². The smallest absolute Gasteiger partial charge is 0.0620 e. The lowest BCUT2D eigenvalue weighted by Gasteiger charge is -2.32. The third kappa shape index (κ3) is 2.65. The van der Waals surface area contributed by atoms with Crippen LogP contribution >= 0.6 is 7.26 Å². The quantitative estimate of drug-likeness (QED) is 0.397. The molecule has 0 bridgehead atoms. The van der Waals surface area contributed by atoms with Gasteiger partial charge in [-0.25, -0.2) is 0 Å². The van der Waals surface area contributed by atoms with Crippen LogP contribution in [0.4, 0.5) is 0 Å². The summed E-state index contributed by atoms with van der Waals surface area (Å²) in [5, 5.41) is 4.29. The monoisotopic (exact) mass is 377 g/mol. The van der Waals surface area contributed by atoms with Crippen molar-refractivity contribution in [1.82, 2.24) is 0 Å². The van der Waals surface area contributed by atoms with Crippen molar-refractivity contribution >= 4 is 29.3 Å². The van der Waals surface area contributed by atoms with Gasteiger partial charge in [-0.3, -0.25) is 0 Å². The Morgan fingerprint density at radius 3 is 1.39 bits per heavy atom. The van der Waals surface area contributed by atoms with Crippen molar-refractivity contribution in [2.24, 2.45) is 0 Å². The van der Waals surface area contributed by atoms with Gasteiger partial charge < -0.3 is 0 Å². The van der Waals surface area contributed by atoms with Gasteiger partial charge in [-0.1, -0.05) is 84.9 Å². The number of hydrogen-bond acceptors (Lipinski definition) is 0. The molecular weight excluding hydrogens is 355 g/mol. The first-order valence-corrected chi connectivity index (χ1v) is 11.6. The summed E-state index contributed by atoms with van der Waals surface area (Å²) in [5.74, 6) is 0. The molecule has 0 nitrogen and oxygen atoms in total. The summed E-state index contributed by atoms with van der Waals surface area (Å²) in [7, 11) is -1.92. The minimum absolute atomic E-state index is 0.343. The largest absolute Gasteiger partial charge is 0.128 e. The van der Waals surface area contributed by atoms with E-state index in [4.69, 9.17) is 0 Å². The summed E-state index contributed by atoms with van der Waals surface area (Å²) < 4.78 is 0. The fraction of sp³-hybridized carbons (Fsp3) is 0.0370. The maximum absolute atomic E-state index is 2.44. The van der Waals surface area contributed by atoms with E-state index in [9.17, 15) is 0 Å². The third-order valence-corrected chi connectivity index (χ3v) is 10.3. The van der Waals surface area contributed by atoms with Crippen LogP contribution in [-0.4, -0.2) is 0 Å². The normalized spacial score (nSPS) is 15.4. The van der Waals surface area contributed by atoms with Crippen molar-refractivity contribution in [1.29, 1.82) is 0 Å². The van der Waals surface area contributed by atoms with Gasteiger partial charge in [-0.15, -0.1) is 0 Å². The summed E-state index contributed by atoms with van der Waals surface area (Å²) in [5.41, 5.74) is 3.13. The predicted molar refractivity (Wildman–Crippen MR) is 123 cm³/mol. The second kappa shape index (κ2) is 7.23. The Kier molecular flexibility index (Phi) is 4.43. The Hall–Kier alpha value is -2.95. The first kappa shape index (κ1) is 17.2. The topological polar surface area (TPSA) is 0 Å². The van der Waals surface area contributed by atoms with Gasteiger partial charge in [-0.05, 0) is 48.0 Å². The molecule has 1 atom stereocenters. The van der Waals surface area contributed by atoms with Gasteiger partial charge in [0.25, 0.3) is 0 Å². The zero-order valence-electron chi connectivity index (χ0n) is 15.6. The molecule has 0 amide bonds. The van der Waals surface area contributed by atoms with Gasteiger partial charge in [0.1, 0.15) is 28.8 Å². The fourth-order valence-corrected chi connectivity index (χ4v) is 9.27. The summed E-state index contributed by atoms with van der Waals surface area (Å²) in [6.45, 7) is 0. The molecule has 0 saturated heterocycles. The van der Waals surface area contributed by atoms with Crippen molar-refractivity contribution < 1.29 is 0 Å². The third-order valence-electron chi connectivity index (χ3n) is 5.68. The number of benzene rings is 4. The molecule has 0 N–H and O–H groups in total. The van der Waals surface area contributed by atoms with Crippen LogP contribution in [-0.2, 0) is 0 Å². The highest BCUT2D eigenvalue weighted by Gasteiger charge is 2.53. The molecule has 1 aliphatic carbocycles. The summed E-state index contributed by atoms with van der Waals surface area (Å²) in [4.78, 5) is 0. The number of allylic oxidation sites excluding steroid dienone is 1. The fourth-order valence-electron chi connectivity index (χ4n) is 4.49. The molecule has 28 heavy (non-hydrogen) atoms. The molecule has 0 aliphatic heterocycles. The number of rotatable bonds is 4. The molecule has 0 fully saturated rings. The molecule has 0 radical (unpaired) electrons. The second-order valence-electron chi connectivity index (χ2n) is 7.16. The van der Waals surface area contributed by atoms with Gasteiger partial charge in [0.15, 0.2) is 0 Å². The van der Waals surface area contributed by atoms with Gasteiger partial charge in [-0.2, -0.15) is 0 Å². The molecule has 1 heteroatoms. The lowest BCUT2D eigenvalue weighted by atomic mass is 10.1. The average molecular weight is 377 g/mol. The lowest BCUT2D eigenvalue weighted by Crippen LogP contribution is -2.34. The van der Waals surface area contributed by atoms with E-state index in [0.29, 0.717) is 5.66 Å². The predicted octanol–water partition coefficient (Wildman–Crippen LogP) is 5.75. The SMILES string of the molecule is C1=CC([P+](c2ccccc2)(c2ccccc2)c2ccccc2)c2ccccc21. The molecule has 0 spiro atoms. The van der Waals surface area contributed by atoms with Gasteiger partial charge >= 0.3 is 0 Å². The molecule has 1 unspecified atom stereocenters. The first-order valence-electron chi connectivity index (χ1n) is 9.73. The van der Waals surface area contributed by atoms with E-state index < -0.39 is 7.26 Å². The first-order chi connectivity index (χ1) is 13.9. The molecule has 0 heterocycles. The van der Waals surface area contributed by atoms with Crippen LogP contribution in [0.25, 0.3) is 6.08 Å². The Labute approximate surface area is 167 Å². The van der Waals surface area contributed by atoms with Crippen molar-refractivity contribution in [3.63, 3.8) is 0 Å². The van der Waals surface area contributed by atoms with Crippen LogP contribution in [0.2, 0.25) is 0 Å². The van der Waals surface area contributed by atoms with Crippen LogP contribution in [0.15, 0.2) is 121 Å². The number of fused-ring (bicyclic) bond motifs is 1. The maximum Gasteiger partial charge on any atom is 0.128 e. The highest BCUT2D eigenvalue weighted by Crippen LogP contribution is 2.68. The Balaban J connectivity index is 1.88. The number of hydrogen-bond donors (Lipinski definition) is 0. The van der Waals surface area contributed by atoms with E-state index in [0.717, 1.165) is 0 Å². The van der Waals surface area contributed by atoms with E-state index in [1.807, 2.05) is 0 Å². The van der Waals surface area contributed by atoms with Gasteiger partial charge in [0.2, 0.25) is 0 Å². The zero-order valence-corrected chi connectivity index (χ0v) is 16.5. The minimum atomic E-state index is -1.92. The van der Waals surface area contributed by atoms with Gasteiger partial charge in [0, 0.05) is 5.56 Å². The maximum atomic E-state index is 2.44. The Bertz CT molecular complexity index is 1000. The van der Waals surface area contributed by atoms with E-state index in [1.165, 1.54) is 27.0 Å². The molecule has 0 aromatic heterocycles. The van der Waals surface area contributed by atoms with Crippen LogP contribution in [0.1, 0.15) is 16.8 Å². The zero-order chi connectivity index (χ0) is 18.8. The minimum Gasteiger partial charge on any atom is -0.0620 e. The van der Waals surface area contributed by atoms with E-state index in [1.54, 1.807) is 0 Å². The molecule has 0 saturated carbocycles. The molecular formula is C27H22P+. The average Bonchev–Trinajstić information content (AvgIpc) is 3.21. The van der Waals surface area contributed by atoms with E-state index in [2.05, 4.69) is 127 Å².